The number of nitrogens with two attached hydrogens (primary N) is 1. The minimum absolute atomic E-state index is 0.0424. The molecule has 3 saturated carbocycles. The fraction of sp³-hybridized carbons (Fsp3) is 0.862. The van der Waals surface area contributed by atoms with Crippen LogP contribution in [0.1, 0.15) is 64.7 Å². The quantitative estimate of drug-likeness (QED) is 0.119. The number of allylic oxidation sites excluding steroid dienone is 1. The summed E-state index contributed by atoms with van der Waals surface area (Å²) in [5, 5.41) is 48.1. The third kappa shape index (κ3) is 4.55. The van der Waals surface area contributed by atoms with Gasteiger partial charge in [0.05, 0.1) is 44.5 Å². The Hall–Kier alpha value is -1.56. The van der Waals surface area contributed by atoms with Crippen molar-refractivity contribution in [2.45, 2.75) is 82.5 Å². The summed E-state index contributed by atoms with van der Waals surface area (Å²) in [5.41, 5.74) is 4.88. The maximum atomic E-state index is 12.8. The van der Waals surface area contributed by atoms with E-state index in [1.54, 1.807) is 7.05 Å². The topological polar surface area (TPSA) is 165 Å². The van der Waals surface area contributed by atoms with E-state index in [1.165, 1.54) is 0 Å². The van der Waals surface area contributed by atoms with Gasteiger partial charge in [0.1, 0.15) is 5.60 Å². The van der Waals surface area contributed by atoms with Gasteiger partial charge in [0.25, 0.3) is 5.96 Å². The highest BCUT2D eigenvalue weighted by atomic mass is 16.5. The highest BCUT2D eigenvalue weighted by Crippen LogP contribution is 2.76. The number of hydrogen-bond donors (Lipinski definition) is 6. The van der Waals surface area contributed by atoms with Crippen LogP contribution in [0.25, 0.3) is 0 Å². The number of carboxylic acids is 1. The molecular formula is C29H48N4O6. The fourth-order valence-electron chi connectivity index (χ4n) is 9.84. The van der Waals surface area contributed by atoms with Gasteiger partial charge in [0.15, 0.2) is 0 Å². The van der Waals surface area contributed by atoms with Gasteiger partial charge in [-0.2, -0.15) is 0 Å². The molecule has 5 aliphatic rings. The molecule has 1 aliphatic heterocycles. The second-order valence-electron chi connectivity index (χ2n) is 13.0. The summed E-state index contributed by atoms with van der Waals surface area (Å²) in [6.07, 6.45) is 6.12. The molecule has 1 saturated heterocycles. The minimum Gasteiger partial charge on any atom is -0.545 e. The molecule has 1 heterocycles. The minimum atomic E-state index is -1.65. The highest BCUT2D eigenvalue weighted by molar-refractivity contribution is 5.90. The summed E-state index contributed by atoms with van der Waals surface area (Å²) in [4.78, 5) is 18.3. The van der Waals surface area contributed by atoms with E-state index in [1.807, 2.05) is 0 Å². The first kappa shape index (κ1) is 29.0. The van der Waals surface area contributed by atoms with Crippen molar-refractivity contribution < 1.29 is 34.9 Å². The third-order valence-corrected chi connectivity index (χ3v) is 11.3. The maximum absolute atomic E-state index is 12.8. The number of ether oxygens (including phenoxy) is 1. The molecule has 0 aromatic carbocycles. The van der Waals surface area contributed by atoms with Gasteiger partial charge in [-0.1, -0.05) is 12.5 Å². The summed E-state index contributed by atoms with van der Waals surface area (Å²) in [5.74, 6) is -0.0367. The van der Waals surface area contributed by atoms with Gasteiger partial charge in [0, 0.05) is 36.4 Å². The van der Waals surface area contributed by atoms with E-state index < -0.39 is 23.1 Å². The van der Waals surface area contributed by atoms with E-state index >= 15 is 0 Å². The monoisotopic (exact) mass is 548 g/mol. The lowest BCUT2D eigenvalue weighted by Gasteiger charge is -2.60. The van der Waals surface area contributed by atoms with Gasteiger partial charge < -0.3 is 41.0 Å². The normalized spacial score (nSPS) is 44.2. The first-order chi connectivity index (χ1) is 18.6. The number of aliphatic imine (C=N–C) groups is 1. The van der Waals surface area contributed by atoms with Crippen LogP contribution < -0.4 is 21.1 Å². The van der Waals surface area contributed by atoms with E-state index in [4.69, 9.17) is 10.5 Å². The molecule has 0 radical (unpaired) electrons. The number of aliphatic hydroxyl groups excluding tert-OH is 2. The van der Waals surface area contributed by atoms with Crippen LogP contribution in [-0.2, 0) is 9.53 Å². The van der Waals surface area contributed by atoms with Gasteiger partial charge in [-0.25, -0.2) is 4.99 Å². The van der Waals surface area contributed by atoms with E-state index in [-0.39, 0.29) is 48.1 Å². The molecule has 0 aromatic rings. The molecule has 9 unspecified atom stereocenters. The largest absolute Gasteiger partial charge is 0.545 e. The van der Waals surface area contributed by atoms with E-state index in [9.17, 15) is 25.2 Å². The molecule has 4 aliphatic carbocycles. The molecule has 2 spiro atoms. The zero-order valence-corrected chi connectivity index (χ0v) is 23.6. The van der Waals surface area contributed by atoms with Crippen molar-refractivity contribution in [2.75, 3.05) is 46.4 Å². The predicted octanol–water partition coefficient (Wildman–Crippen LogP) is -1.66. The van der Waals surface area contributed by atoms with Gasteiger partial charge in [-0.3, -0.25) is 4.90 Å². The molecule has 0 amide bonds. The molecule has 2 bridgehead atoms. The second kappa shape index (κ2) is 11.0. The number of guanidine groups is 1. The van der Waals surface area contributed by atoms with Crippen LogP contribution >= 0.6 is 0 Å². The average Bonchev–Trinajstić information content (AvgIpc) is 3.26. The first-order valence-electron chi connectivity index (χ1n) is 15.0. The lowest BCUT2D eigenvalue weighted by atomic mass is 9.45. The summed E-state index contributed by atoms with van der Waals surface area (Å²) in [6.45, 7) is 5.00. The molecule has 5 rings (SSSR count). The van der Waals surface area contributed by atoms with Crippen LogP contribution in [-0.4, -0.2) is 91.5 Å². The molecule has 10 heteroatoms. The van der Waals surface area contributed by atoms with Crippen LogP contribution in [0.15, 0.2) is 16.1 Å². The number of hydrogen-bond acceptors (Lipinski definition) is 8. The number of aliphatic carboxylic acids is 1. The Labute approximate surface area is 231 Å². The van der Waals surface area contributed by atoms with Gasteiger partial charge in [0.2, 0.25) is 0 Å². The van der Waals surface area contributed by atoms with Crippen LogP contribution in [0.2, 0.25) is 0 Å². The molecule has 4 fully saturated rings. The molecule has 7 N–H and O–H groups in total. The average molecular weight is 549 g/mol. The zero-order chi connectivity index (χ0) is 28.0. The smallest absolute Gasteiger partial charge is 0.293 e. The summed E-state index contributed by atoms with van der Waals surface area (Å²) in [7, 11) is 1.72. The number of piperidine rings is 1. The standard InChI is InChI=1S/C29H48N4O6/c1-18-6-7-19-12-23-24(25(36)37)27(38,17-39-22-5-3-4-21(35)13-22)15-28(18,23)29(19)16-33(26(30)31-2)10-8-20(29)14-32-9-11-34/h18-22,32,34-35,38H,3-17H2,1-2H3,(H2,30,31)(H,36,37). The highest BCUT2D eigenvalue weighted by Gasteiger charge is 2.75. The number of rotatable bonds is 8. The molecule has 0 aromatic heterocycles. The summed E-state index contributed by atoms with van der Waals surface area (Å²) in [6, 6.07) is 0. The number of nitrogens with one attached hydrogen (secondary N) is 2. The SMILES string of the molecule is CN=C(N)[NH+]1CCC(CNCCO)C2(C1)C1CCC(C)C23CC(O)(COC2CCCC(O)C2)C(C(=O)[O-])=C3C1. The van der Waals surface area contributed by atoms with Crippen molar-refractivity contribution in [3.63, 3.8) is 0 Å². The number of likely N-dealkylation sites (tertiary alicyclic amines) is 1. The van der Waals surface area contributed by atoms with Crippen LogP contribution in [0.5, 0.6) is 0 Å². The third-order valence-electron chi connectivity index (χ3n) is 11.3. The summed E-state index contributed by atoms with van der Waals surface area (Å²) >= 11 is 0. The summed E-state index contributed by atoms with van der Waals surface area (Å²) < 4.78 is 6.19. The Bertz CT molecular complexity index is 1000. The number of carbonyl (C=O) groups excluding carboxylic acids is 1. The molecule has 39 heavy (non-hydrogen) atoms. The van der Waals surface area contributed by atoms with Gasteiger partial charge >= 0.3 is 0 Å². The Morgan fingerprint density at radius 3 is 2.77 bits per heavy atom. The van der Waals surface area contributed by atoms with Crippen molar-refractivity contribution in [3.05, 3.63) is 11.1 Å². The van der Waals surface area contributed by atoms with Crippen molar-refractivity contribution in [2.24, 2.45) is 39.3 Å². The van der Waals surface area contributed by atoms with Crippen LogP contribution in [0, 0.1) is 28.6 Å². The lowest BCUT2D eigenvalue weighted by Crippen LogP contribution is -3.19. The van der Waals surface area contributed by atoms with Gasteiger partial charge in [-0.15, -0.1) is 0 Å². The number of nitrogens with zero attached hydrogens (tertiary/aromatic N) is 1. The number of aliphatic hydroxyl groups is 3. The number of carboxylic acid groups (broad SMARTS) is 1. The van der Waals surface area contributed by atoms with E-state index in [0.29, 0.717) is 31.8 Å². The maximum Gasteiger partial charge on any atom is 0.293 e. The molecule has 10 nitrogen and oxygen atoms in total. The molecule has 220 valence electrons. The van der Waals surface area contributed by atoms with Crippen LogP contribution in [0.3, 0.4) is 0 Å². The Balaban J connectivity index is 1.57. The number of quaternary nitrogens is 1. The Morgan fingerprint density at radius 1 is 1.28 bits per heavy atom. The second-order valence-corrected chi connectivity index (χ2v) is 13.0. The molecule has 9 atom stereocenters. The van der Waals surface area contributed by atoms with E-state index in [2.05, 4.69) is 17.2 Å². The Kier molecular flexibility index (Phi) is 8.18. The van der Waals surface area contributed by atoms with Gasteiger partial charge in [-0.05, 0) is 75.7 Å². The molecular weight excluding hydrogens is 500 g/mol. The predicted molar refractivity (Wildman–Crippen MR) is 143 cm³/mol. The Morgan fingerprint density at radius 2 is 2.08 bits per heavy atom. The van der Waals surface area contributed by atoms with Crippen molar-refractivity contribution in [3.8, 4) is 0 Å². The zero-order valence-electron chi connectivity index (χ0n) is 23.6. The van der Waals surface area contributed by atoms with Crippen molar-refractivity contribution in [1.29, 1.82) is 0 Å². The van der Waals surface area contributed by atoms with Crippen molar-refractivity contribution >= 4 is 11.9 Å². The number of carbonyl (C=O) groups is 1. The van der Waals surface area contributed by atoms with E-state index in [0.717, 1.165) is 68.6 Å². The van der Waals surface area contributed by atoms with Crippen LogP contribution in [0.4, 0.5) is 0 Å². The van der Waals surface area contributed by atoms with Crippen molar-refractivity contribution in [1.82, 2.24) is 5.32 Å². The fourth-order valence-corrected chi connectivity index (χ4v) is 9.84. The lowest BCUT2D eigenvalue weighted by molar-refractivity contribution is -0.828. The first-order valence-corrected chi connectivity index (χ1v) is 15.0.